The lowest BCUT2D eigenvalue weighted by Gasteiger charge is -2.23. The van der Waals surface area contributed by atoms with Crippen LogP contribution in [-0.2, 0) is 14.6 Å². The summed E-state index contributed by atoms with van der Waals surface area (Å²) in [6.07, 6.45) is 0.433. The molecule has 6 nitrogen and oxygen atoms in total. The van der Waals surface area contributed by atoms with Crippen LogP contribution in [0.1, 0.15) is 13.3 Å². The van der Waals surface area contributed by atoms with E-state index in [0.29, 0.717) is 17.9 Å². The average Bonchev–Trinajstić information content (AvgIpc) is 2.62. The van der Waals surface area contributed by atoms with Crippen LogP contribution in [0.15, 0.2) is 24.3 Å². The van der Waals surface area contributed by atoms with Crippen LogP contribution in [0.2, 0.25) is 0 Å². The minimum absolute atomic E-state index is 0.0202. The molecular weight excluding hydrogens is 280 g/mol. The number of carbonyl (C=O) groups excluding carboxylic acids is 1. The Morgan fingerprint density at radius 2 is 2.05 bits per heavy atom. The molecule has 1 atom stereocenters. The Balaban J connectivity index is 1.85. The third-order valence-electron chi connectivity index (χ3n) is 3.19. The molecule has 2 rings (SSSR count). The molecule has 0 aromatic heterocycles. The SMILES string of the molecule is CC1(NC(=O)COc2ccc(N)cc2)CCS(=O)(=O)C1. The first-order chi connectivity index (χ1) is 9.28. The Bertz CT molecular complexity index is 597. The first-order valence-corrected chi connectivity index (χ1v) is 8.10. The lowest BCUT2D eigenvalue weighted by Crippen LogP contribution is -2.48. The van der Waals surface area contributed by atoms with E-state index >= 15 is 0 Å². The molecule has 1 fully saturated rings. The normalized spacial score (nSPS) is 24.2. The Kier molecular flexibility index (Phi) is 3.89. The van der Waals surface area contributed by atoms with Crippen LogP contribution in [0.4, 0.5) is 5.69 Å². The van der Waals surface area contributed by atoms with Gasteiger partial charge in [0.2, 0.25) is 0 Å². The number of benzene rings is 1. The number of nitrogens with two attached hydrogens (primary N) is 1. The minimum Gasteiger partial charge on any atom is -0.484 e. The summed E-state index contributed by atoms with van der Waals surface area (Å²) < 4.78 is 28.2. The predicted octanol–water partition coefficient (Wildman–Crippen LogP) is 0.341. The zero-order valence-electron chi connectivity index (χ0n) is 11.3. The highest BCUT2D eigenvalue weighted by molar-refractivity contribution is 7.91. The zero-order chi connectivity index (χ0) is 14.8. The van der Waals surface area contributed by atoms with Gasteiger partial charge < -0.3 is 15.8 Å². The Hall–Kier alpha value is -1.76. The van der Waals surface area contributed by atoms with E-state index in [2.05, 4.69) is 5.32 Å². The number of rotatable bonds is 4. The van der Waals surface area contributed by atoms with Gasteiger partial charge in [0.05, 0.1) is 17.0 Å². The van der Waals surface area contributed by atoms with E-state index in [1.807, 2.05) is 0 Å². The quantitative estimate of drug-likeness (QED) is 0.781. The van der Waals surface area contributed by atoms with Gasteiger partial charge in [0.25, 0.3) is 5.91 Å². The van der Waals surface area contributed by atoms with Crippen molar-refractivity contribution < 1.29 is 17.9 Å². The van der Waals surface area contributed by atoms with E-state index in [0.717, 1.165) is 0 Å². The molecule has 1 aromatic carbocycles. The molecular formula is C13H18N2O4S. The van der Waals surface area contributed by atoms with Crippen molar-refractivity contribution in [3.05, 3.63) is 24.3 Å². The van der Waals surface area contributed by atoms with Gasteiger partial charge >= 0.3 is 0 Å². The van der Waals surface area contributed by atoms with Crippen molar-refractivity contribution in [1.29, 1.82) is 0 Å². The lowest BCUT2D eigenvalue weighted by atomic mass is 10.0. The van der Waals surface area contributed by atoms with E-state index in [9.17, 15) is 13.2 Å². The molecule has 1 aromatic rings. The predicted molar refractivity (Wildman–Crippen MR) is 76.2 cm³/mol. The number of ether oxygens (including phenoxy) is 1. The highest BCUT2D eigenvalue weighted by atomic mass is 32.2. The van der Waals surface area contributed by atoms with Gasteiger partial charge in [-0.3, -0.25) is 4.79 Å². The van der Waals surface area contributed by atoms with Gasteiger partial charge in [-0.15, -0.1) is 0 Å². The fraction of sp³-hybridized carbons (Fsp3) is 0.462. The molecule has 1 aliphatic heterocycles. The average molecular weight is 298 g/mol. The van der Waals surface area contributed by atoms with E-state index < -0.39 is 15.4 Å². The number of sulfone groups is 1. The fourth-order valence-electron chi connectivity index (χ4n) is 2.19. The molecule has 0 bridgehead atoms. The van der Waals surface area contributed by atoms with E-state index in [-0.39, 0.29) is 24.0 Å². The third-order valence-corrected chi connectivity index (χ3v) is 5.10. The topological polar surface area (TPSA) is 98.5 Å². The van der Waals surface area contributed by atoms with Crippen LogP contribution in [0.5, 0.6) is 5.75 Å². The largest absolute Gasteiger partial charge is 0.484 e. The number of carbonyl (C=O) groups is 1. The molecule has 0 saturated carbocycles. The minimum atomic E-state index is -3.04. The van der Waals surface area contributed by atoms with Crippen LogP contribution in [0.3, 0.4) is 0 Å². The second-order valence-electron chi connectivity index (χ2n) is 5.31. The van der Waals surface area contributed by atoms with Gasteiger partial charge in [0.15, 0.2) is 16.4 Å². The molecule has 0 aliphatic carbocycles. The molecule has 110 valence electrons. The molecule has 1 saturated heterocycles. The fourth-order valence-corrected chi connectivity index (χ4v) is 4.29. The number of amides is 1. The van der Waals surface area contributed by atoms with Crippen molar-refractivity contribution in [1.82, 2.24) is 5.32 Å². The van der Waals surface area contributed by atoms with Crippen molar-refractivity contribution in [3.8, 4) is 5.75 Å². The summed E-state index contributed by atoms with van der Waals surface area (Å²) >= 11 is 0. The van der Waals surface area contributed by atoms with E-state index in [1.165, 1.54) is 0 Å². The second-order valence-corrected chi connectivity index (χ2v) is 7.49. The summed E-state index contributed by atoms with van der Waals surface area (Å²) in [7, 11) is -3.04. The highest BCUT2D eigenvalue weighted by Crippen LogP contribution is 2.22. The number of hydrogen-bond acceptors (Lipinski definition) is 5. The van der Waals surface area contributed by atoms with Crippen LogP contribution >= 0.6 is 0 Å². The highest BCUT2D eigenvalue weighted by Gasteiger charge is 2.39. The first kappa shape index (κ1) is 14.6. The van der Waals surface area contributed by atoms with Crippen LogP contribution < -0.4 is 15.8 Å². The molecule has 1 unspecified atom stereocenters. The number of nitrogens with one attached hydrogen (secondary N) is 1. The summed E-state index contributed by atoms with van der Waals surface area (Å²) in [6.45, 7) is 1.58. The van der Waals surface area contributed by atoms with Gasteiger partial charge in [-0.2, -0.15) is 0 Å². The van der Waals surface area contributed by atoms with Gasteiger partial charge in [-0.05, 0) is 37.6 Å². The molecule has 3 N–H and O–H groups in total. The Labute approximate surface area is 118 Å². The molecule has 20 heavy (non-hydrogen) atoms. The number of hydrogen-bond donors (Lipinski definition) is 2. The molecule has 0 spiro atoms. The molecule has 0 radical (unpaired) electrons. The number of anilines is 1. The molecule has 7 heteroatoms. The van der Waals surface area contributed by atoms with Crippen LogP contribution in [0.25, 0.3) is 0 Å². The van der Waals surface area contributed by atoms with E-state index in [4.69, 9.17) is 10.5 Å². The second kappa shape index (κ2) is 5.32. The summed E-state index contributed by atoms with van der Waals surface area (Å²) in [5, 5.41) is 2.72. The smallest absolute Gasteiger partial charge is 0.258 e. The van der Waals surface area contributed by atoms with Gasteiger partial charge in [-0.1, -0.05) is 0 Å². The zero-order valence-corrected chi connectivity index (χ0v) is 12.1. The van der Waals surface area contributed by atoms with Crippen LogP contribution in [-0.4, -0.2) is 38.0 Å². The summed E-state index contributed by atoms with van der Waals surface area (Å²) in [5.41, 5.74) is 5.46. The standard InChI is InChI=1S/C13H18N2O4S/c1-13(6-7-20(17,18)9-13)15-12(16)8-19-11-4-2-10(14)3-5-11/h2-5H,6-9,14H2,1H3,(H,15,16). The lowest BCUT2D eigenvalue weighted by molar-refractivity contribution is -0.124. The Morgan fingerprint density at radius 1 is 1.40 bits per heavy atom. The van der Waals surface area contributed by atoms with Crippen molar-refractivity contribution >= 4 is 21.4 Å². The van der Waals surface area contributed by atoms with Gasteiger partial charge in [0.1, 0.15) is 5.75 Å². The first-order valence-electron chi connectivity index (χ1n) is 6.28. The monoisotopic (exact) mass is 298 g/mol. The summed E-state index contributed by atoms with van der Waals surface area (Å²) in [4.78, 5) is 11.8. The van der Waals surface area contributed by atoms with Crippen molar-refractivity contribution in [2.75, 3.05) is 23.8 Å². The van der Waals surface area contributed by atoms with Crippen molar-refractivity contribution in [3.63, 3.8) is 0 Å². The molecule has 1 aliphatic rings. The maximum Gasteiger partial charge on any atom is 0.258 e. The van der Waals surface area contributed by atoms with E-state index in [1.54, 1.807) is 31.2 Å². The van der Waals surface area contributed by atoms with Gasteiger partial charge in [-0.25, -0.2) is 8.42 Å². The molecule has 1 heterocycles. The van der Waals surface area contributed by atoms with Crippen molar-refractivity contribution in [2.45, 2.75) is 18.9 Å². The summed E-state index contributed by atoms with van der Waals surface area (Å²) in [6, 6.07) is 6.70. The van der Waals surface area contributed by atoms with Gasteiger partial charge in [0, 0.05) is 5.69 Å². The molecule has 1 amide bonds. The Morgan fingerprint density at radius 3 is 2.60 bits per heavy atom. The van der Waals surface area contributed by atoms with Crippen LogP contribution in [0, 0.1) is 0 Å². The number of nitrogen functional groups attached to an aromatic ring is 1. The maximum atomic E-state index is 11.8. The third kappa shape index (κ3) is 3.86. The summed E-state index contributed by atoms with van der Waals surface area (Å²) in [5.74, 6) is 0.302. The maximum absolute atomic E-state index is 11.8. The van der Waals surface area contributed by atoms with Crippen molar-refractivity contribution in [2.24, 2.45) is 0 Å².